The average molecular weight is 292 g/mol. The van der Waals surface area contributed by atoms with Gasteiger partial charge in [0, 0.05) is 20.0 Å². The maximum absolute atomic E-state index is 13.6. The summed E-state index contributed by atoms with van der Waals surface area (Å²) in [6.07, 6.45) is 3.30. The molecule has 2 aromatic rings. The maximum Gasteiger partial charge on any atom is 0.224 e. The van der Waals surface area contributed by atoms with Gasteiger partial charge in [0.25, 0.3) is 0 Å². The fraction of sp³-hybridized carbons (Fsp3) is 0.357. The van der Waals surface area contributed by atoms with E-state index < -0.39 is 5.82 Å². The normalized spacial score (nSPS) is 10.4. The van der Waals surface area contributed by atoms with Crippen LogP contribution in [0.5, 0.6) is 5.75 Å². The number of hydrogen-bond acceptors (Lipinski definition) is 4. The Balaban J connectivity index is 1.89. The molecule has 7 heteroatoms. The van der Waals surface area contributed by atoms with Crippen molar-refractivity contribution in [3.63, 3.8) is 0 Å². The number of hydrogen-bond donors (Lipinski definition) is 0. The van der Waals surface area contributed by atoms with Crippen LogP contribution >= 0.6 is 0 Å². The van der Waals surface area contributed by atoms with Gasteiger partial charge in [-0.25, -0.2) is 9.37 Å². The lowest BCUT2D eigenvalue weighted by Crippen LogP contribution is -2.27. The SMILES string of the molecule is COc1ccc(CN(C)C(=O)CCn2cncn2)cc1F. The Morgan fingerprint density at radius 1 is 1.48 bits per heavy atom. The Bertz CT molecular complexity index is 601. The molecule has 0 aliphatic carbocycles. The van der Waals surface area contributed by atoms with E-state index in [9.17, 15) is 9.18 Å². The number of carbonyl (C=O) groups is 1. The van der Waals surface area contributed by atoms with Gasteiger partial charge in [0.15, 0.2) is 11.6 Å². The van der Waals surface area contributed by atoms with Crippen LogP contribution in [0, 0.1) is 5.82 Å². The van der Waals surface area contributed by atoms with Gasteiger partial charge >= 0.3 is 0 Å². The molecule has 6 nitrogen and oxygen atoms in total. The first-order chi connectivity index (χ1) is 10.1. The Kier molecular flexibility index (Phi) is 4.86. The zero-order valence-corrected chi connectivity index (χ0v) is 12.0. The van der Waals surface area contributed by atoms with Crippen molar-refractivity contribution < 1.29 is 13.9 Å². The molecule has 112 valence electrons. The predicted molar refractivity (Wildman–Crippen MR) is 74.1 cm³/mol. The summed E-state index contributed by atoms with van der Waals surface area (Å²) in [4.78, 5) is 17.4. The van der Waals surface area contributed by atoms with Crippen LogP contribution in [-0.4, -0.2) is 39.7 Å². The quantitative estimate of drug-likeness (QED) is 0.809. The summed E-state index contributed by atoms with van der Waals surface area (Å²) in [7, 11) is 3.10. The van der Waals surface area contributed by atoms with Gasteiger partial charge in [0.1, 0.15) is 12.7 Å². The van der Waals surface area contributed by atoms with Crippen LogP contribution in [0.3, 0.4) is 0 Å². The van der Waals surface area contributed by atoms with Crippen LogP contribution in [0.25, 0.3) is 0 Å². The molecule has 0 saturated heterocycles. The molecule has 2 rings (SSSR count). The highest BCUT2D eigenvalue weighted by molar-refractivity contribution is 5.75. The van der Waals surface area contributed by atoms with Crippen molar-refractivity contribution in [3.8, 4) is 5.75 Å². The molecule has 0 N–H and O–H groups in total. The van der Waals surface area contributed by atoms with Crippen molar-refractivity contribution >= 4 is 5.91 Å². The Labute approximate surface area is 122 Å². The smallest absolute Gasteiger partial charge is 0.224 e. The van der Waals surface area contributed by atoms with Gasteiger partial charge in [-0.3, -0.25) is 9.48 Å². The standard InChI is InChI=1S/C14H17FN4O2/c1-18(14(20)5-6-19-10-16-9-17-19)8-11-3-4-13(21-2)12(15)7-11/h3-4,7,9-10H,5-6,8H2,1-2H3. The van der Waals surface area contributed by atoms with E-state index in [1.165, 1.54) is 19.5 Å². The molecule has 0 saturated carbocycles. The molecule has 0 atom stereocenters. The van der Waals surface area contributed by atoms with Crippen LogP contribution < -0.4 is 4.74 Å². The minimum Gasteiger partial charge on any atom is -0.494 e. The number of ether oxygens (including phenoxy) is 1. The van der Waals surface area contributed by atoms with Crippen LogP contribution in [0.4, 0.5) is 4.39 Å². The highest BCUT2D eigenvalue weighted by Gasteiger charge is 2.11. The van der Waals surface area contributed by atoms with E-state index in [2.05, 4.69) is 10.1 Å². The van der Waals surface area contributed by atoms with Crippen LogP contribution in [0.15, 0.2) is 30.9 Å². The van der Waals surface area contributed by atoms with E-state index >= 15 is 0 Å². The summed E-state index contributed by atoms with van der Waals surface area (Å²) in [6.45, 7) is 0.817. The zero-order valence-electron chi connectivity index (χ0n) is 12.0. The Hall–Kier alpha value is -2.44. The first kappa shape index (κ1) is 15.0. The lowest BCUT2D eigenvalue weighted by molar-refractivity contribution is -0.130. The monoisotopic (exact) mass is 292 g/mol. The Morgan fingerprint density at radius 3 is 2.90 bits per heavy atom. The van der Waals surface area contributed by atoms with Crippen LogP contribution in [0.1, 0.15) is 12.0 Å². The minimum absolute atomic E-state index is 0.0401. The molecule has 21 heavy (non-hydrogen) atoms. The Morgan fingerprint density at radius 2 is 2.29 bits per heavy atom. The third-order valence-corrected chi connectivity index (χ3v) is 3.08. The highest BCUT2D eigenvalue weighted by atomic mass is 19.1. The molecule has 1 aromatic heterocycles. The van der Waals surface area contributed by atoms with E-state index in [-0.39, 0.29) is 11.7 Å². The summed E-state index contributed by atoms with van der Waals surface area (Å²) < 4.78 is 20.0. The topological polar surface area (TPSA) is 60.2 Å². The third-order valence-electron chi connectivity index (χ3n) is 3.08. The fourth-order valence-electron chi connectivity index (χ4n) is 1.92. The van der Waals surface area contributed by atoms with E-state index in [0.717, 1.165) is 0 Å². The first-order valence-electron chi connectivity index (χ1n) is 6.49. The van der Waals surface area contributed by atoms with Crippen molar-refractivity contribution in [2.45, 2.75) is 19.5 Å². The molecule has 0 bridgehead atoms. The molecule has 1 amide bonds. The van der Waals surface area contributed by atoms with Gasteiger partial charge in [0.05, 0.1) is 13.7 Å². The molecule has 1 heterocycles. The van der Waals surface area contributed by atoms with Gasteiger partial charge in [-0.15, -0.1) is 0 Å². The second kappa shape index (κ2) is 6.83. The zero-order chi connectivity index (χ0) is 15.2. The predicted octanol–water partition coefficient (Wildman–Crippen LogP) is 1.47. The molecule has 0 aliphatic rings. The largest absolute Gasteiger partial charge is 0.494 e. The lowest BCUT2D eigenvalue weighted by atomic mass is 10.2. The number of aryl methyl sites for hydroxylation is 1. The number of aromatic nitrogens is 3. The summed E-state index contributed by atoms with van der Waals surface area (Å²) in [5.74, 6) is -0.279. The molecule has 1 aromatic carbocycles. The van der Waals surface area contributed by atoms with Gasteiger partial charge in [0.2, 0.25) is 5.91 Å². The highest BCUT2D eigenvalue weighted by Crippen LogP contribution is 2.18. The number of nitrogens with zero attached hydrogens (tertiary/aromatic N) is 4. The van der Waals surface area contributed by atoms with Gasteiger partial charge < -0.3 is 9.64 Å². The molecular weight excluding hydrogens is 275 g/mol. The minimum atomic E-state index is -0.432. The summed E-state index contributed by atoms with van der Waals surface area (Å²) in [5.41, 5.74) is 0.713. The molecule has 0 aliphatic heterocycles. The number of carbonyl (C=O) groups excluding carboxylic acids is 1. The average Bonchev–Trinajstić information content (AvgIpc) is 2.98. The molecular formula is C14H17FN4O2. The van der Waals surface area contributed by atoms with Gasteiger partial charge in [-0.2, -0.15) is 5.10 Å². The number of benzene rings is 1. The van der Waals surface area contributed by atoms with Crippen molar-refractivity contribution in [2.75, 3.05) is 14.2 Å². The lowest BCUT2D eigenvalue weighted by Gasteiger charge is -2.17. The summed E-state index contributed by atoms with van der Waals surface area (Å²) >= 11 is 0. The van der Waals surface area contributed by atoms with Gasteiger partial charge in [-0.05, 0) is 17.7 Å². The molecule has 0 radical (unpaired) electrons. The van der Waals surface area contributed by atoms with Crippen molar-refractivity contribution in [1.29, 1.82) is 0 Å². The summed E-state index contributed by atoms with van der Waals surface area (Å²) in [5, 5.41) is 3.93. The number of rotatable bonds is 6. The number of halogens is 1. The second-order valence-corrected chi connectivity index (χ2v) is 4.63. The van der Waals surface area contributed by atoms with E-state index in [4.69, 9.17) is 4.74 Å². The fourth-order valence-corrected chi connectivity index (χ4v) is 1.92. The third kappa shape index (κ3) is 4.01. The number of methoxy groups -OCH3 is 1. The van der Waals surface area contributed by atoms with Crippen LogP contribution in [0.2, 0.25) is 0 Å². The molecule has 0 spiro atoms. The summed E-state index contributed by atoms with van der Waals surface area (Å²) in [6, 6.07) is 4.67. The maximum atomic E-state index is 13.6. The molecule has 0 unspecified atom stereocenters. The van der Waals surface area contributed by atoms with Crippen molar-refractivity contribution in [2.24, 2.45) is 0 Å². The number of amides is 1. The van der Waals surface area contributed by atoms with Crippen LogP contribution in [-0.2, 0) is 17.9 Å². The van der Waals surface area contributed by atoms with E-state index in [1.807, 2.05) is 0 Å². The first-order valence-corrected chi connectivity index (χ1v) is 6.49. The molecule has 0 fully saturated rings. The van der Waals surface area contributed by atoms with Gasteiger partial charge in [-0.1, -0.05) is 6.07 Å². The van der Waals surface area contributed by atoms with Crippen molar-refractivity contribution in [1.82, 2.24) is 19.7 Å². The van der Waals surface area contributed by atoms with E-state index in [0.29, 0.717) is 25.1 Å². The van der Waals surface area contributed by atoms with E-state index in [1.54, 1.807) is 35.1 Å². The van der Waals surface area contributed by atoms with Crippen molar-refractivity contribution in [3.05, 3.63) is 42.2 Å². The second-order valence-electron chi connectivity index (χ2n) is 4.63.